The summed E-state index contributed by atoms with van der Waals surface area (Å²) in [5, 5.41) is 6.79. The summed E-state index contributed by atoms with van der Waals surface area (Å²) in [6, 6.07) is 7.68. The summed E-state index contributed by atoms with van der Waals surface area (Å²) in [5.74, 6) is 1.41. The van der Waals surface area contributed by atoms with Gasteiger partial charge in [0.25, 0.3) is 5.91 Å². The van der Waals surface area contributed by atoms with Gasteiger partial charge in [0.2, 0.25) is 0 Å². The molecule has 1 saturated heterocycles. The Morgan fingerprint density at radius 1 is 1.13 bits per heavy atom. The van der Waals surface area contributed by atoms with Crippen LogP contribution >= 0.6 is 24.0 Å². The molecule has 1 amide bonds. The van der Waals surface area contributed by atoms with Gasteiger partial charge in [-0.05, 0) is 37.6 Å². The number of benzene rings is 1. The Hall–Kier alpha value is -1.39. The van der Waals surface area contributed by atoms with Crippen molar-refractivity contribution in [3.63, 3.8) is 0 Å². The number of amides is 1. The lowest BCUT2D eigenvalue weighted by atomic mass is 10.1. The zero-order chi connectivity index (χ0) is 21.2. The van der Waals surface area contributed by atoms with Gasteiger partial charge in [0.15, 0.2) is 5.96 Å². The standard InChI is InChI=1S/C22H38N6O.HI/c1-6-23-22(24-15-18(2)17-28-13-11-27(5)12-14-28)25-16-19-7-9-20(10-8-19)21(29)26(3)4;/h7-10,18H,6,11-17H2,1-5H3,(H2,23,24,25);1H. The number of hydrogen-bond donors (Lipinski definition) is 2. The predicted octanol–water partition coefficient (Wildman–Crippen LogP) is 1.95. The van der Waals surface area contributed by atoms with Crippen LogP contribution in [-0.2, 0) is 6.54 Å². The molecular weight excluding hydrogens is 491 g/mol. The fraction of sp³-hybridized carbons (Fsp3) is 0.636. The average Bonchev–Trinajstić information content (AvgIpc) is 2.71. The Bertz CT molecular complexity index is 656. The maximum absolute atomic E-state index is 12.0. The summed E-state index contributed by atoms with van der Waals surface area (Å²) in [6.45, 7) is 12.4. The summed E-state index contributed by atoms with van der Waals surface area (Å²) in [4.78, 5) is 23.2. The van der Waals surface area contributed by atoms with Crippen LogP contribution in [0.2, 0.25) is 0 Å². The number of carbonyl (C=O) groups is 1. The van der Waals surface area contributed by atoms with Gasteiger partial charge in [-0.2, -0.15) is 0 Å². The zero-order valence-corrected chi connectivity index (χ0v) is 21.5. The lowest BCUT2D eigenvalue weighted by Gasteiger charge is -2.34. The van der Waals surface area contributed by atoms with Crippen LogP contribution in [0.25, 0.3) is 0 Å². The van der Waals surface area contributed by atoms with Gasteiger partial charge in [-0.15, -0.1) is 24.0 Å². The summed E-state index contributed by atoms with van der Waals surface area (Å²) >= 11 is 0. The summed E-state index contributed by atoms with van der Waals surface area (Å²) in [5.41, 5.74) is 1.79. The maximum Gasteiger partial charge on any atom is 0.253 e. The molecule has 2 rings (SSSR count). The molecule has 1 fully saturated rings. The van der Waals surface area contributed by atoms with Crippen LogP contribution < -0.4 is 10.6 Å². The van der Waals surface area contributed by atoms with E-state index in [4.69, 9.17) is 4.99 Å². The van der Waals surface area contributed by atoms with Crippen LogP contribution in [0.15, 0.2) is 29.3 Å². The number of likely N-dealkylation sites (N-methyl/N-ethyl adjacent to an activating group) is 1. The molecule has 0 saturated carbocycles. The zero-order valence-electron chi connectivity index (χ0n) is 19.1. The highest BCUT2D eigenvalue weighted by Crippen LogP contribution is 2.08. The molecule has 0 aliphatic carbocycles. The monoisotopic (exact) mass is 530 g/mol. The summed E-state index contributed by atoms with van der Waals surface area (Å²) in [7, 11) is 5.72. The third-order valence-corrected chi connectivity index (χ3v) is 5.15. The van der Waals surface area contributed by atoms with Gasteiger partial charge in [-0.25, -0.2) is 4.99 Å². The highest BCUT2D eigenvalue weighted by Gasteiger charge is 2.16. The molecule has 1 aliphatic heterocycles. The quantitative estimate of drug-likeness (QED) is 0.306. The molecule has 1 aromatic carbocycles. The largest absolute Gasteiger partial charge is 0.357 e. The van der Waals surface area contributed by atoms with E-state index in [1.54, 1.807) is 19.0 Å². The molecule has 0 radical (unpaired) electrons. The van der Waals surface area contributed by atoms with Crippen LogP contribution in [-0.4, -0.2) is 93.5 Å². The van der Waals surface area contributed by atoms with E-state index in [1.165, 1.54) is 0 Å². The Kier molecular flexibility index (Phi) is 12.3. The highest BCUT2D eigenvalue weighted by atomic mass is 127. The molecule has 0 aromatic heterocycles. The first-order valence-corrected chi connectivity index (χ1v) is 10.6. The van der Waals surface area contributed by atoms with Gasteiger partial charge in [0, 0.05) is 65.5 Å². The van der Waals surface area contributed by atoms with Gasteiger partial charge < -0.3 is 25.3 Å². The molecule has 1 unspecified atom stereocenters. The average molecular weight is 530 g/mol. The molecule has 1 aromatic rings. The minimum Gasteiger partial charge on any atom is -0.357 e. The first-order chi connectivity index (χ1) is 13.9. The number of carbonyl (C=O) groups excluding carboxylic acids is 1. The Morgan fingerprint density at radius 3 is 2.33 bits per heavy atom. The number of hydrogen-bond acceptors (Lipinski definition) is 4. The third-order valence-electron chi connectivity index (χ3n) is 5.15. The summed E-state index contributed by atoms with van der Waals surface area (Å²) in [6.07, 6.45) is 0. The number of halogens is 1. The number of nitrogens with one attached hydrogen (secondary N) is 2. The fourth-order valence-corrected chi connectivity index (χ4v) is 3.33. The van der Waals surface area contributed by atoms with Gasteiger partial charge >= 0.3 is 0 Å². The first-order valence-electron chi connectivity index (χ1n) is 10.6. The predicted molar refractivity (Wildman–Crippen MR) is 136 cm³/mol. The van der Waals surface area contributed by atoms with E-state index < -0.39 is 0 Å². The third kappa shape index (κ3) is 9.18. The maximum atomic E-state index is 12.0. The van der Waals surface area contributed by atoms with Crippen molar-refractivity contribution in [3.8, 4) is 0 Å². The van der Waals surface area contributed by atoms with E-state index in [9.17, 15) is 4.79 Å². The number of nitrogens with zero attached hydrogens (tertiary/aromatic N) is 4. The molecule has 170 valence electrons. The number of guanidine groups is 1. The molecule has 30 heavy (non-hydrogen) atoms. The first kappa shape index (κ1) is 26.6. The second kappa shape index (κ2) is 13.8. The second-order valence-corrected chi connectivity index (χ2v) is 8.18. The van der Waals surface area contributed by atoms with Crippen LogP contribution in [0, 0.1) is 5.92 Å². The van der Waals surface area contributed by atoms with Crippen molar-refractivity contribution in [1.29, 1.82) is 0 Å². The topological polar surface area (TPSA) is 63.2 Å². The van der Waals surface area contributed by atoms with Crippen molar-refractivity contribution in [1.82, 2.24) is 25.3 Å². The number of piperazine rings is 1. The highest BCUT2D eigenvalue weighted by molar-refractivity contribution is 14.0. The minimum absolute atomic E-state index is 0. The molecule has 7 nitrogen and oxygen atoms in total. The molecule has 8 heteroatoms. The van der Waals surface area contributed by atoms with E-state index in [2.05, 4.69) is 41.3 Å². The van der Waals surface area contributed by atoms with Gasteiger partial charge in [0.05, 0.1) is 6.54 Å². The van der Waals surface area contributed by atoms with Crippen LogP contribution in [0.5, 0.6) is 0 Å². The van der Waals surface area contributed by atoms with Crippen LogP contribution in [0.4, 0.5) is 0 Å². The van der Waals surface area contributed by atoms with Crippen molar-refractivity contribution in [2.24, 2.45) is 10.9 Å². The van der Waals surface area contributed by atoms with E-state index in [1.807, 2.05) is 24.3 Å². The van der Waals surface area contributed by atoms with E-state index in [-0.39, 0.29) is 29.9 Å². The van der Waals surface area contributed by atoms with Crippen LogP contribution in [0.1, 0.15) is 29.8 Å². The molecular formula is C22H39IN6O. The van der Waals surface area contributed by atoms with E-state index >= 15 is 0 Å². The normalized spacial score (nSPS) is 16.5. The smallest absolute Gasteiger partial charge is 0.253 e. The van der Waals surface area contributed by atoms with Crippen molar-refractivity contribution < 1.29 is 4.79 Å². The van der Waals surface area contributed by atoms with Crippen molar-refractivity contribution in [3.05, 3.63) is 35.4 Å². The van der Waals surface area contributed by atoms with Crippen LogP contribution in [0.3, 0.4) is 0 Å². The van der Waals surface area contributed by atoms with E-state index in [0.29, 0.717) is 18.0 Å². The summed E-state index contributed by atoms with van der Waals surface area (Å²) < 4.78 is 0. The van der Waals surface area contributed by atoms with Crippen molar-refractivity contribution >= 4 is 35.8 Å². The molecule has 1 aliphatic rings. The Balaban J connectivity index is 0.00000450. The molecule has 1 atom stereocenters. The second-order valence-electron chi connectivity index (χ2n) is 8.18. The number of rotatable bonds is 8. The van der Waals surface area contributed by atoms with Gasteiger partial charge in [-0.1, -0.05) is 19.1 Å². The fourth-order valence-electron chi connectivity index (χ4n) is 3.33. The number of aliphatic imine (C=N–C) groups is 1. The molecule has 0 spiro atoms. The Morgan fingerprint density at radius 2 is 1.77 bits per heavy atom. The van der Waals surface area contributed by atoms with Gasteiger partial charge in [0.1, 0.15) is 0 Å². The molecule has 0 bridgehead atoms. The van der Waals surface area contributed by atoms with Crippen molar-refractivity contribution in [2.45, 2.75) is 20.4 Å². The SMILES string of the molecule is CCNC(=NCc1ccc(C(=O)N(C)C)cc1)NCC(C)CN1CCN(C)CC1.I. The molecule has 1 heterocycles. The Labute approximate surface area is 199 Å². The van der Waals surface area contributed by atoms with Crippen molar-refractivity contribution in [2.75, 3.05) is 67.0 Å². The lowest BCUT2D eigenvalue weighted by Crippen LogP contribution is -2.47. The minimum atomic E-state index is 0. The van der Waals surface area contributed by atoms with Gasteiger partial charge in [-0.3, -0.25) is 4.79 Å². The lowest BCUT2D eigenvalue weighted by molar-refractivity contribution is 0.0827. The van der Waals surface area contributed by atoms with E-state index in [0.717, 1.165) is 57.3 Å². The molecule has 2 N–H and O–H groups in total.